The van der Waals surface area contributed by atoms with Crippen LogP contribution in [0.3, 0.4) is 0 Å². The average molecular weight is 260 g/mol. The van der Waals surface area contributed by atoms with Gasteiger partial charge in [-0.05, 0) is 31.1 Å². The molecule has 1 aromatic carbocycles. The van der Waals surface area contributed by atoms with Gasteiger partial charge in [-0.25, -0.2) is 0 Å². The molecular weight excluding hydrogens is 240 g/mol. The first-order valence-corrected chi connectivity index (χ1v) is 6.65. The highest BCUT2D eigenvalue weighted by atomic mass is 16.5. The number of benzene rings is 1. The van der Waals surface area contributed by atoms with Crippen molar-refractivity contribution in [3.8, 4) is 5.75 Å². The zero-order chi connectivity index (χ0) is 13.7. The molecule has 1 saturated heterocycles. The van der Waals surface area contributed by atoms with Gasteiger partial charge in [0, 0.05) is 18.7 Å². The number of nitrogens with one attached hydrogen (secondary N) is 2. The highest BCUT2D eigenvalue weighted by Crippen LogP contribution is 2.24. The summed E-state index contributed by atoms with van der Waals surface area (Å²) in [5, 5.41) is 6.06. The van der Waals surface area contributed by atoms with Gasteiger partial charge in [-0.3, -0.25) is 4.79 Å². The first kappa shape index (κ1) is 13.6. The lowest BCUT2D eigenvalue weighted by Gasteiger charge is -2.21. The Morgan fingerprint density at radius 1 is 1.37 bits per heavy atom. The van der Waals surface area contributed by atoms with E-state index in [0.717, 1.165) is 36.5 Å². The number of carbonyl (C=O) groups is 1. The van der Waals surface area contributed by atoms with Gasteiger partial charge in [0.1, 0.15) is 5.75 Å². The van der Waals surface area contributed by atoms with Crippen LogP contribution in [0.2, 0.25) is 0 Å². The molecule has 0 saturated carbocycles. The van der Waals surface area contributed by atoms with Crippen molar-refractivity contribution in [3.63, 3.8) is 0 Å². The molecule has 0 unspecified atom stereocenters. The third-order valence-corrected chi connectivity index (χ3v) is 3.14. The highest BCUT2D eigenvalue weighted by Gasteiger charge is 2.17. The second kappa shape index (κ2) is 6.38. The normalized spacial score (nSPS) is 13.7. The van der Waals surface area contributed by atoms with Crippen LogP contribution in [0.25, 0.3) is 0 Å². The zero-order valence-electron chi connectivity index (χ0n) is 11.5. The van der Waals surface area contributed by atoms with E-state index in [-0.39, 0.29) is 5.91 Å². The van der Waals surface area contributed by atoms with Crippen molar-refractivity contribution in [3.05, 3.63) is 35.4 Å². The van der Waals surface area contributed by atoms with Crippen LogP contribution in [0.15, 0.2) is 35.4 Å². The molecule has 0 spiro atoms. The summed E-state index contributed by atoms with van der Waals surface area (Å²) in [6.45, 7) is 6.19. The molecule has 1 heterocycles. The molecule has 4 heteroatoms. The number of ether oxygens (including phenoxy) is 1. The van der Waals surface area contributed by atoms with Crippen molar-refractivity contribution in [2.24, 2.45) is 0 Å². The number of amides is 1. The maximum atomic E-state index is 12.1. The standard InChI is InChI=1S/C15H20N2O2/c1-3-8-19-14-7-5-4-6-13(14)17-15(18)11(2)12-9-16-10-12/h4-7,16H,3,8-10H2,1-2H3,(H,17,18). The predicted molar refractivity (Wildman–Crippen MR) is 76.4 cm³/mol. The van der Waals surface area contributed by atoms with Crippen LogP contribution in [0, 0.1) is 0 Å². The van der Waals surface area contributed by atoms with E-state index in [1.807, 2.05) is 31.2 Å². The van der Waals surface area contributed by atoms with Gasteiger partial charge in [-0.2, -0.15) is 0 Å². The van der Waals surface area contributed by atoms with Gasteiger partial charge in [-0.1, -0.05) is 19.1 Å². The quantitative estimate of drug-likeness (QED) is 0.799. The van der Waals surface area contributed by atoms with E-state index in [1.54, 1.807) is 0 Å². The van der Waals surface area contributed by atoms with Crippen molar-refractivity contribution in [2.45, 2.75) is 20.3 Å². The minimum Gasteiger partial charge on any atom is -0.491 e. The predicted octanol–water partition coefficient (Wildman–Crippen LogP) is 2.33. The molecule has 1 aliphatic rings. The maximum Gasteiger partial charge on any atom is 0.251 e. The van der Waals surface area contributed by atoms with Gasteiger partial charge in [-0.15, -0.1) is 0 Å². The van der Waals surface area contributed by atoms with E-state index < -0.39 is 0 Å². The Morgan fingerprint density at radius 3 is 2.74 bits per heavy atom. The van der Waals surface area contributed by atoms with Crippen LogP contribution >= 0.6 is 0 Å². The molecule has 1 aliphatic heterocycles. The molecule has 0 bridgehead atoms. The Balaban J connectivity index is 2.08. The second-order valence-electron chi connectivity index (χ2n) is 4.63. The summed E-state index contributed by atoms with van der Waals surface area (Å²) in [4.78, 5) is 12.1. The van der Waals surface area contributed by atoms with Crippen molar-refractivity contribution >= 4 is 11.6 Å². The molecule has 0 radical (unpaired) electrons. The number of carbonyl (C=O) groups excluding carboxylic acids is 1. The molecule has 2 N–H and O–H groups in total. The average Bonchev–Trinajstić information content (AvgIpc) is 2.35. The van der Waals surface area contributed by atoms with Crippen LogP contribution in [0.5, 0.6) is 5.75 Å². The fourth-order valence-corrected chi connectivity index (χ4v) is 1.80. The third kappa shape index (κ3) is 3.35. The summed E-state index contributed by atoms with van der Waals surface area (Å²) in [7, 11) is 0. The molecule has 0 aromatic heterocycles. The Kier molecular flexibility index (Phi) is 4.58. The smallest absolute Gasteiger partial charge is 0.251 e. The third-order valence-electron chi connectivity index (χ3n) is 3.14. The van der Waals surface area contributed by atoms with Gasteiger partial charge >= 0.3 is 0 Å². The Bertz CT molecular complexity index is 489. The molecule has 19 heavy (non-hydrogen) atoms. The Labute approximate surface area is 113 Å². The van der Waals surface area contributed by atoms with Crippen LogP contribution in [0.1, 0.15) is 20.3 Å². The van der Waals surface area contributed by atoms with Crippen molar-refractivity contribution in [2.75, 3.05) is 25.0 Å². The number of hydrogen-bond acceptors (Lipinski definition) is 3. The first-order chi connectivity index (χ1) is 9.22. The molecule has 1 amide bonds. The van der Waals surface area contributed by atoms with E-state index in [2.05, 4.69) is 17.6 Å². The van der Waals surface area contributed by atoms with Gasteiger partial charge in [0.2, 0.25) is 0 Å². The fourth-order valence-electron chi connectivity index (χ4n) is 1.80. The summed E-state index contributed by atoms with van der Waals surface area (Å²) in [6, 6.07) is 7.53. The van der Waals surface area contributed by atoms with Gasteiger partial charge in [0.05, 0.1) is 12.3 Å². The minimum atomic E-state index is -0.0518. The monoisotopic (exact) mass is 260 g/mol. The summed E-state index contributed by atoms with van der Waals surface area (Å²) < 4.78 is 5.62. The van der Waals surface area contributed by atoms with Crippen LogP contribution in [0.4, 0.5) is 5.69 Å². The van der Waals surface area contributed by atoms with Crippen LogP contribution in [-0.2, 0) is 4.79 Å². The molecule has 0 atom stereocenters. The molecule has 0 aliphatic carbocycles. The SMILES string of the molecule is CCCOc1ccccc1NC(=O)C(C)=C1CNC1. The van der Waals surface area contributed by atoms with E-state index in [0.29, 0.717) is 6.61 Å². The number of hydrogen-bond donors (Lipinski definition) is 2. The van der Waals surface area contributed by atoms with Crippen molar-refractivity contribution < 1.29 is 9.53 Å². The molecule has 1 aromatic rings. The number of para-hydroxylation sites is 2. The fraction of sp³-hybridized carbons (Fsp3) is 0.400. The molecule has 2 rings (SSSR count). The lowest BCUT2D eigenvalue weighted by Crippen LogP contribution is -2.36. The summed E-state index contributed by atoms with van der Waals surface area (Å²) >= 11 is 0. The lowest BCUT2D eigenvalue weighted by atomic mass is 10.0. The van der Waals surface area contributed by atoms with Crippen molar-refractivity contribution in [1.82, 2.24) is 5.32 Å². The summed E-state index contributed by atoms with van der Waals surface area (Å²) in [5.41, 5.74) is 2.70. The summed E-state index contributed by atoms with van der Waals surface area (Å²) in [5.74, 6) is 0.672. The van der Waals surface area contributed by atoms with Gasteiger partial charge in [0.25, 0.3) is 5.91 Å². The maximum absolute atomic E-state index is 12.1. The van der Waals surface area contributed by atoms with Gasteiger partial charge in [0.15, 0.2) is 0 Å². The second-order valence-corrected chi connectivity index (χ2v) is 4.63. The Hall–Kier alpha value is -1.81. The number of anilines is 1. The van der Waals surface area contributed by atoms with Crippen LogP contribution < -0.4 is 15.4 Å². The highest BCUT2D eigenvalue weighted by molar-refractivity contribution is 6.04. The minimum absolute atomic E-state index is 0.0518. The molecular formula is C15H20N2O2. The Morgan fingerprint density at radius 2 is 2.11 bits per heavy atom. The molecule has 1 fully saturated rings. The molecule has 102 valence electrons. The first-order valence-electron chi connectivity index (χ1n) is 6.65. The van der Waals surface area contributed by atoms with Crippen LogP contribution in [-0.4, -0.2) is 25.6 Å². The molecule has 4 nitrogen and oxygen atoms in total. The largest absolute Gasteiger partial charge is 0.491 e. The summed E-state index contributed by atoms with van der Waals surface area (Å²) in [6.07, 6.45) is 0.941. The van der Waals surface area contributed by atoms with Gasteiger partial charge < -0.3 is 15.4 Å². The zero-order valence-corrected chi connectivity index (χ0v) is 11.5. The van der Waals surface area contributed by atoms with E-state index >= 15 is 0 Å². The lowest BCUT2D eigenvalue weighted by molar-refractivity contribution is -0.112. The number of rotatable bonds is 5. The van der Waals surface area contributed by atoms with E-state index in [4.69, 9.17) is 4.74 Å². The van der Waals surface area contributed by atoms with E-state index in [1.165, 1.54) is 5.57 Å². The van der Waals surface area contributed by atoms with Crippen molar-refractivity contribution in [1.29, 1.82) is 0 Å². The van der Waals surface area contributed by atoms with E-state index in [9.17, 15) is 4.79 Å². The topological polar surface area (TPSA) is 50.4 Å².